The third-order valence-electron chi connectivity index (χ3n) is 5.58. The number of carboxylic acid groups (broad SMARTS) is 1. The number of aryl methyl sites for hydroxylation is 1. The van der Waals surface area contributed by atoms with E-state index in [1.165, 1.54) is 18.4 Å². The second-order valence-electron chi connectivity index (χ2n) is 6.86. The third-order valence-corrected chi connectivity index (χ3v) is 6.79. The maximum atomic E-state index is 12.8. The molecule has 0 spiro atoms. The number of esters is 1. The van der Waals surface area contributed by atoms with Crippen molar-refractivity contribution >= 4 is 34.2 Å². The normalized spacial score (nSPS) is 28.8. The summed E-state index contributed by atoms with van der Waals surface area (Å²) in [6.45, 7) is 0. The topological polar surface area (TPSA) is 95.5 Å². The molecule has 1 aromatic rings. The van der Waals surface area contributed by atoms with Crippen LogP contribution in [0.15, 0.2) is 12.2 Å². The fourth-order valence-electron chi connectivity index (χ4n) is 4.51. The quantitative estimate of drug-likeness (QED) is 0.642. The average Bonchev–Trinajstić information content (AvgIpc) is 3.32. The molecule has 4 atom stereocenters. The lowest BCUT2D eigenvalue weighted by molar-refractivity contribution is -0.313. The molecule has 3 aliphatic carbocycles. The number of hydrogen-bond acceptors (Lipinski definition) is 6. The largest absolute Gasteiger partial charge is 0.550 e. The van der Waals surface area contributed by atoms with Gasteiger partial charge >= 0.3 is 5.97 Å². The molecule has 0 aromatic carbocycles. The molecule has 1 saturated carbocycles. The van der Waals surface area contributed by atoms with E-state index in [9.17, 15) is 19.5 Å². The van der Waals surface area contributed by atoms with Crippen LogP contribution in [0.1, 0.15) is 33.6 Å². The number of anilines is 1. The van der Waals surface area contributed by atoms with Crippen molar-refractivity contribution in [2.75, 3.05) is 12.4 Å². The Morgan fingerprint density at radius 1 is 1.20 bits per heavy atom. The van der Waals surface area contributed by atoms with E-state index in [1.54, 1.807) is 0 Å². The van der Waals surface area contributed by atoms with Gasteiger partial charge < -0.3 is 20.0 Å². The van der Waals surface area contributed by atoms with Crippen LogP contribution in [0.2, 0.25) is 0 Å². The Morgan fingerprint density at radius 2 is 1.92 bits per heavy atom. The Morgan fingerprint density at radius 3 is 2.60 bits per heavy atom. The molecule has 7 heteroatoms. The van der Waals surface area contributed by atoms with Gasteiger partial charge in [0.2, 0.25) is 5.91 Å². The number of aliphatic carboxylic acids is 1. The molecule has 132 valence electrons. The smallest absolute Gasteiger partial charge is 0.341 e. The molecular weight excluding hydrogens is 342 g/mol. The number of fused-ring (bicyclic) bond motifs is 3. The van der Waals surface area contributed by atoms with Gasteiger partial charge in [-0.1, -0.05) is 12.2 Å². The Bertz CT molecular complexity index is 796. The second-order valence-corrected chi connectivity index (χ2v) is 7.97. The molecule has 1 fully saturated rings. The van der Waals surface area contributed by atoms with Gasteiger partial charge in [0.05, 0.1) is 18.6 Å². The molecule has 3 aliphatic rings. The Balaban J connectivity index is 1.63. The lowest BCUT2D eigenvalue weighted by Crippen LogP contribution is -2.42. The van der Waals surface area contributed by atoms with Crippen LogP contribution in [0.5, 0.6) is 0 Å². The molecule has 1 amide bonds. The molecule has 6 nitrogen and oxygen atoms in total. The number of carboxylic acids is 1. The van der Waals surface area contributed by atoms with E-state index in [2.05, 4.69) is 5.32 Å². The summed E-state index contributed by atoms with van der Waals surface area (Å²) in [4.78, 5) is 37.6. The van der Waals surface area contributed by atoms with E-state index in [0.29, 0.717) is 17.0 Å². The SMILES string of the molecule is COC(=O)c1c(NC(=O)[C@@H]2[C@@H](C(=O)[O-])[C@@H]3C=C[C@@H]2C3)sc2c1CCC2. The zero-order valence-corrected chi connectivity index (χ0v) is 14.6. The number of hydrogen-bond donors (Lipinski definition) is 1. The van der Waals surface area contributed by atoms with E-state index in [1.807, 2.05) is 12.2 Å². The number of allylic oxidation sites excluding steroid dienone is 2. The number of rotatable bonds is 4. The molecule has 4 rings (SSSR count). The third kappa shape index (κ3) is 2.49. The second kappa shape index (κ2) is 5.98. The summed E-state index contributed by atoms with van der Waals surface area (Å²) in [6, 6.07) is 0. The summed E-state index contributed by atoms with van der Waals surface area (Å²) in [5.41, 5.74) is 1.38. The summed E-state index contributed by atoms with van der Waals surface area (Å²) in [5.74, 6) is -3.67. The molecule has 0 radical (unpaired) electrons. The lowest BCUT2D eigenvalue weighted by atomic mass is 9.82. The number of carbonyl (C=O) groups is 3. The first kappa shape index (κ1) is 16.3. The minimum absolute atomic E-state index is 0.0821. The minimum Gasteiger partial charge on any atom is -0.550 e. The highest BCUT2D eigenvalue weighted by Gasteiger charge is 2.49. The van der Waals surface area contributed by atoms with Gasteiger partial charge in [-0.2, -0.15) is 0 Å². The molecule has 0 saturated heterocycles. The van der Waals surface area contributed by atoms with Crippen molar-refractivity contribution in [3.8, 4) is 0 Å². The summed E-state index contributed by atoms with van der Waals surface area (Å²) >= 11 is 1.40. The molecule has 1 aromatic heterocycles. The van der Waals surface area contributed by atoms with Crippen LogP contribution in [0.25, 0.3) is 0 Å². The van der Waals surface area contributed by atoms with Gasteiger partial charge in [0.15, 0.2) is 0 Å². The van der Waals surface area contributed by atoms with Crippen LogP contribution in [0.3, 0.4) is 0 Å². The molecule has 1 heterocycles. The predicted molar refractivity (Wildman–Crippen MR) is 89.0 cm³/mol. The Labute approximate surface area is 148 Å². The highest BCUT2D eigenvalue weighted by atomic mass is 32.1. The summed E-state index contributed by atoms with van der Waals surface area (Å²) in [5, 5.41) is 14.8. The molecular formula is C18H18NO5S-. The number of ether oxygens (including phenoxy) is 1. The lowest BCUT2D eigenvalue weighted by Gasteiger charge is -2.27. The number of methoxy groups -OCH3 is 1. The minimum atomic E-state index is -1.18. The van der Waals surface area contributed by atoms with Crippen molar-refractivity contribution in [1.29, 1.82) is 0 Å². The van der Waals surface area contributed by atoms with E-state index in [0.717, 1.165) is 29.7 Å². The van der Waals surface area contributed by atoms with Gasteiger partial charge in [-0.25, -0.2) is 4.79 Å². The standard InChI is InChI=1S/C18H19NO5S/c1-24-18(23)14-10-3-2-4-11(10)25-16(14)19-15(20)12-8-5-6-9(7-8)13(12)17(21)22/h5-6,8-9,12-13H,2-4,7H2,1H3,(H,19,20)(H,21,22)/p-1/t8-,9-,12+,13+/m1/s1. The molecule has 2 bridgehead atoms. The molecule has 1 N–H and O–H groups in total. The summed E-state index contributed by atoms with van der Waals surface area (Å²) in [6.07, 6.45) is 7.13. The fraction of sp³-hybridized carbons (Fsp3) is 0.500. The number of amides is 1. The zero-order chi connectivity index (χ0) is 17.7. The van der Waals surface area contributed by atoms with Gasteiger partial charge in [0, 0.05) is 16.8 Å². The molecule has 0 unspecified atom stereocenters. The molecule has 0 aliphatic heterocycles. The van der Waals surface area contributed by atoms with Crippen molar-refractivity contribution < 1.29 is 24.2 Å². The first-order valence-electron chi connectivity index (χ1n) is 8.44. The van der Waals surface area contributed by atoms with E-state index < -0.39 is 23.8 Å². The number of nitrogens with one attached hydrogen (secondary N) is 1. The van der Waals surface area contributed by atoms with Crippen LogP contribution in [0.4, 0.5) is 5.00 Å². The first-order chi connectivity index (χ1) is 12.0. The van der Waals surface area contributed by atoms with Crippen molar-refractivity contribution in [2.24, 2.45) is 23.7 Å². The Kier molecular flexibility index (Phi) is 3.91. The van der Waals surface area contributed by atoms with Crippen LogP contribution in [-0.4, -0.2) is 25.0 Å². The maximum absolute atomic E-state index is 12.8. The number of thiophene rings is 1. The monoisotopic (exact) mass is 360 g/mol. The van der Waals surface area contributed by atoms with Crippen LogP contribution in [0, 0.1) is 23.7 Å². The van der Waals surface area contributed by atoms with Gasteiger partial charge in [0.25, 0.3) is 0 Å². The highest BCUT2D eigenvalue weighted by molar-refractivity contribution is 7.17. The van der Waals surface area contributed by atoms with Gasteiger partial charge in [0.1, 0.15) is 5.00 Å². The fourth-order valence-corrected chi connectivity index (χ4v) is 5.79. The van der Waals surface area contributed by atoms with Crippen molar-refractivity contribution in [3.05, 3.63) is 28.2 Å². The average molecular weight is 360 g/mol. The van der Waals surface area contributed by atoms with Crippen LogP contribution < -0.4 is 10.4 Å². The van der Waals surface area contributed by atoms with Crippen molar-refractivity contribution in [3.63, 3.8) is 0 Å². The predicted octanol–water partition coefficient (Wildman–Crippen LogP) is 1.15. The summed E-state index contributed by atoms with van der Waals surface area (Å²) in [7, 11) is 1.32. The van der Waals surface area contributed by atoms with Crippen LogP contribution >= 0.6 is 11.3 Å². The van der Waals surface area contributed by atoms with E-state index in [-0.39, 0.29) is 17.7 Å². The maximum Gasteiger partial charge on any atom is 0.341 e. The van der Waals surface area contributed by atoms with Crippen LogP contribution in [-0.2, 0) is 27.2 Å². The van der Waals surface area contributed by atoms with Gasteiger partial charge in [-0.3, -0.25) is 4.79 Å². The van der Waals surface area contributed by atoms with Gasteiger partial charge in [-0.15, -0.1) is 11.3 Å². The van der Waals surface area contributed by atoms with Crippen molar-refractivity contribution in [2.45, 2.75) is 25.7 Å². The molecule has 25 heavy (non-hydrogen) atoms. The van der Waals surface area contributed by atoms with Gasteiger partial charge in [-0.05, 0) is 43.1 Å². The first-order valence-corrected chi connectivity index (χ1v) is 9.25. The summed E-state index contributed by atoms with van der Waals surface area (Å²) < 4.78 is 4.88. The number of carbonyl (C=O) groups excluding carboxylic acids is 3. The van der Waals surface area contributed by atoms with E-state index >= 15 is 0 Å². The Hall–Kier alpha value is -2.15. The zero-order valence-electron chi connectivity index (χ0n) is 13.7. The highest BCUT2D eigenvalue weighted by Crippen LogP contribution is 2.48. The van der Waals surface area contributed by atoms with Crippen molar-refractivity contribution in [1.82, 2.24) is 0 Å². The van der Waals surface area contributed by atoms with E-state index in [4.69, 9.17) is 4.74 Å².